The van der Waals surface area contributed by atoms with Gasteiger partial charge >= 0.3 is 0 Å². The molecule has 0 aromatic carbocycles. The van der Waals surface area contributed by atoms with Crippen LogP contribution >= 0.6 is 23.2 Å². The molecule has 5 heavy (non-hydrogen) atoms. The van der Waals surface area contributed by atoms with E-state index in [1.54, 1.807) is 0 Å². The van der Waals surface area contributed by atoms with Crippen molar-refractivity contribution in [1.29, 1.82) is 0 Å². The number of halogens is 2. The van der Waals surface area contributed by atoms with E-state index in [1.807, 2.05) is 0 Å². The number of nitrogens with one attached hydrogen (secondary N) is 1. The first kappa shape index (κ1) is 3.72. The van der Waals surface area contributed by atoms with Gasteiger partial charge < -0.3 is 0 Å². The molecule has 3 heteroatoms. The maximum absolute atomic E-state index is 5.29. The topological polar surface area (TPSA) is 21.9 Å². The van der Waals surface area contributed by atoms with Crippen LogP contribution in [0.2, 0.25) is 0 Å². The fourth-order valence-electron chi connectivity index (χ4n) is 0.0965. The second-order valence-corrected chi connectivity index (χ2v) is 1.91. The molecular formula is C2H3Cl2N. The molecule has 1 rings (SSSR count). The van der Waals surface area contributed by atoms with Crippen LogP contribution in [0.3, 0.4) is 0 Å². The van der Waals surface area contributed by atoms with Gasteiger partial charge in [0.2, 0.25) is 0 Å². The summed E-state index contributed by atoms with van der Waals surface area (Å²) >= 11 is 10.6. The molecule has 0 spiro atoms. The van der Waals surface area contributed by atoms with Crippen LogP contribution in [0.25, 0.3) is 0 Å². The van der Waals surface area contributed by atoms with Crippen LogP contribution in [-0.4, -0.2) is 11.0 Å². The van der Waals surface area contributed by atoms with E-state index in [4.69, 9.17) is 23.2 Å². The van der Waals surface area contributed by atoms with Gasteiger partial charge in [0.15, 0.2) is 0 Å². The van der Waals surface area contributed by atoms with Gasteiger partial charge in [-0.25, -0.2) is 0 Å². The van der Waals surface area contributed by atoms with Crippen LogP contribution in [0, 0.1) is 0 Å². The van der Waals surface area contributed by atoms with Crippen molar-refractivity contribution >= 4 is 23.2 Å². The van der Waals surface area contributed by atoms with Gasteiger partial charge in [-0.15, -0.1) is 23.2 Å². The van der Waals surface area contributed by atoms with Crippen molar-refractivity contribution in [3.05, 3.63) is 0 Å². The number of alkyl halides is 2. The molecule has 1 fully saturated rings. The third-order valence-corrected chi connectivity index (χ3v) is 1.35. The Balaban J connectivity index is 2.20. The van der Waals surface area contributed by atoms with Crippen LogP contribution in [0.15, 0.2) is 0 Å². The number of hydrogen-bond acceptors (Lipinski definition) is 1. The minimum absolute atomic E-state index is 0.0386. The SMILES string of the molecule is ClC1NC1Cl. The summed E-state index contributed by atoms with van der Waals surface area (Å²) in [5, 5.41) is 2.73. The quantitative estimate of drug-likeness (QED) is 0.278. The minimum atomic E-state index is 0.0386. The Bertz CT molecular complexity index is 40.9. The molecule has 0 saturated carbocycles. The Morgan fingerprint density at radius 1 is 1.20 bits per heavy atom. The van der Waals surface area contributed by atoms with Crippen LogP contribution in [-0.2, 0) is 0 Å². The van der Waals surface area contributed by atoms with E-state index in [0.717, 1.165) is 0 Å². The van der Waals surface area contributed by atoms with Crippen molar-refractivity contribution < 1.29 is 0 Å². The third kappa shape index (κ3) is 0.685. The fraction of sp³-hybridized carbons (Fsp3) is 1.00. The summed E-state index contributed by atoms with van der Waals surface area (Å²) in [5.74, 6) is 0. The molecule has 0 aromatic heterocycles. The largest absolute Gasteiger partial charge is 0.281 e. The smallest absolute Gasteiger partial charge is 0.113 e. The van der Waals surface area contributed by atoms with E-state index in [0.29, 0.717) is 0 Å². The van der Waals surface area contributed by atoms with Gasteiger partial charge in [0.25, 0.3) is 0 Å². The molecule has 1 N–H and O–H groups in total. The molecule has 2 unspecified atom stereocenters. The lowest BCUT2D eigenvalue weighted by Crippen LogP contribution is -1.68. The van der Waals surface area contributed by atoms with Gasteiger partial charge in [-0.3, -0.25) is 5.32 Å². The molecule has 0 aliphatic carbocycles. The zero-order valence-corrected chi connectivity index (χ0v) is 3.92. The molecule has 2 atom stereocenters. The number of hydrogen-bond donors (Lipinski definition) is 1. The molecule has 0 bridgehead atoms. The molecule has 1 aliphatic rings. The average Bonchev–Trinajstić information content (AvgIpc) is 1.79. The van der Waals surface area contributed by atoms with Crippen molar-refractivity contribution in [2.75, 3.05) is 0 Å². The second-order valence-electron chi connectivity index (χ2n) is 0.970. The Morgan fingerprint density at radius 3 is 1.40 bits per heavy atom. The number of rotatable bonds is 0. The van der Waals surface area contributed by atoms with Gasteiger partial charge in [0.05, 0.1) is 0 Å². The normalized spacial score (nSPS) is 49.2. The highest BCUT2D eigenvalue weighted by Crippen LogP contribution is 2.17. The predicted molar refractivity (Wildman–Crippen MR) is 22.4 cm³/mol. The summed E-state index contributed by atoms with van der Waals surface area (Å²) in [6, 6.07) is 0. The average molecular weight is 112 g/mol. The first-order chi connectivity index (χ1) is 2.30. The van der Waals surface area contributed by atoms with E-state index < -0.39 is 0 Å². The fourth-order valence-corrected chi connectivity index (χ4v) is 0.433. The Hall–Kier alpha value is 0.540. The molecular weight excluding hydrogens is 109 g/mol. The molecule has 1 nitrogen and oxygen atoms in total. The van der Waals surface area contributed by atoms with Crippen LogP contribution < -0.4 is 5.32 Å². The van der Waals surface area contributed by atoms with E-state index in [-0.39, 0.29) is 11.0 Å². The van der Waals surface area contributed by atoms with E-state index in [9.17, 15) is 0 Å². The summed E-state index contributed by atoms with van der Waals surface area (Å²) in [4.78, 5) is 0. The molecule has 0 aromatic rings. The van der Waals surface area contributed by atoms with Crippen LogP contribution in [0.5, 0.6) is 0 Å². The first-order valence-electron chi connectivity index (χ1n) is 1.35. The standard InChI is InChI=1S/C2H3Cl2N/c3-1-2(4)5-1/h1-2,5H. The van der Waals surface area contributed by atoms with Gasteiger partial charge in [0.1, 0.15) is 11.0 Å². The zero-order valence-electron chi connectivity index (χ0n) is 2.41. The third-order valence-electron chi connectivity index (χ3n) is 0.466. The highest BCUT2D eigenvalue weighted by molar-refractivity contribution is 6.33. The minimum Gasteiger partial charge on any atom is -0.281 e. The van der Waals surface area contributed by atoms with Crippen molar-refractivity contribution in [2.45, 2.75) is 11.0 Å². The monoisotopic (exact) mass is 111 g/mol. The second kappa shape index (κ2) is 1.00. The van der Waals surface area contributed by atoms with Gasteiger partial charge in [0, 0.05) is 0 Å². The van der Waals surface area contributed by atoms with Gasteiger partial charge in [-0.2, -0.15) is 0 Å². The first-order valence-corrected chi connectivity index (χ1v) is 2.22. The summed E-state index contributed by atoms with van der Waals surface area (Å²) < 4.78 is 0. The predicted octanol–water partition coefficient (Wildman–Crippen LogP) is 0.719. The zero-order chi connectivity index (χ0) is 3.86. The van der Waals surface area contributed by atoms with Crippen LogP contribution in [0.1, 0.15) is 0 Å². The summed E-state index contributed by atoms with van der Waals surface area (Å²) in [7, 11) is 0. The molecule has 0 amide bonds. The molecule has 30 valence electrons. The maximum atomic E-state index is 5.29. The lowest BCUT2D eigenvalue weighted by Gasteiger charge is -1.57. The molecule has 1 heterocycles. The molecule has 1 aliphatic heterocycles. The Kier molecular flexibility index (Phi) is 0.745. The molecule has 0 radical (unpaired) electrons. The van der Waals surface area contributed by atoms with Crippen molar-refractivity contribution in [3.8, 4) is 0 Å². The highest BCUT2D eigenvalue weighted by atomic mass is 35.5. The van der Waals surface area contributed by atoms with E-state index >= 15 is 0 Å². The van der Waals surface area contributed by atoms with Gasteiger partial charge in [-0.1, -0.05) is 0 Å². The Labute approximate surface area is 40.3 Å². The molecule has 1 saturated heterocycles. The summed E-state index contributed by atoms with van der Waals surface area (Å²) in [6.45, 7) is 0. The lowest BCUT2D eigenvalue weighted by atomic mass is 11.0. The van der Waals surface area contributed by atoms with E-state index in [2.05, 4.69) is 5.32 Å². The Morgan fingerprint density at radius 2 is 1.40 bits per heavy atom. The lowest BCUT2D eigenvalue weighted by molar-refractivity contribution is 1.28. The highest BCUT2D eigenvalue weighted by Gasteiger charge is 2.30. The summed E-state index contributed by atoms with van der Waals surface area (Å²) in [6.07, 6.45) is 0. The van der Waals surface area contributed by atoms with E-state index in [1.165, 1.54) is 0 Å². The summed E-state index contributed by atoms with van der Waals surface area (Å²) in [5.41, 5.74) is 0.0772. The van der Waals surface area contributed by atoms with Crippen molar-refractivity contribution in [3.63, 3.8) is 0 Å². The van der Waals surface area contributed by atoms with Crippen LogP contribution in [0.4, 0.5) is 0 Å². The van der Waals surface area contributed by atoms with Crippen molar-refractivity contribution in [2.24, 2.45) is 0 Å². The van der Waals surface area contributed by atoms with Gasteiger partial charge in [-0.05, 0) is 0 Å². The maximum Gasteiger partial charge on any atom is 0.113 e. The van der Waals surface area contributed by atoms with Crippen molar-refractivity contribution in [1.82, 2.24) is 5.32 Å².